The van der Waals surface area contributed by atoms with Crippen molar-refractivity contribution in [1.29, 1.82) is 0 Å². The van der Waals surface area contributed by atoms with E-state index >= 15 is 0 Å². The lowest BCUT2D eigenvalue weighted by Crippen LogP contribution is -2.29. The van der Waals surface area contributed by atoms with E-state index in [4.69, 9.17) is 10.2 Å². The number of nitrogens with zero attached hydrogens (tertiary/aromatic N) is 1. The normalized spacial score (nSPS) is 21.7. The van der Waals surface area contributed by atoms with Crippen LogP contribution in [0, 0.1) is 12.8 Å². The summed E-state index contributed by atoms with van der Waals surface area (Å²) >= 11 is 0. The largest absolute Gasteiger partial charge is 0.456 e. The van der Waals surface area contributed by atoms with Crippen molar-refractivity contribution in [3.05, 3.63) is 59.5 Å². The fourth-order valence-electron chi connectivity index (χ4n) is 3.06. The maximum Gasteiger partial charge on any atom is 0.289 e. The van der Waals surface area contributed by atoms with E-state index in [-0.39, 0.29) is 5.91 Å². The number of rotatable bonds is 3. The Kier molecular flexibility index (Phi) is 3.80. The number of carbonyl (C=O) groups excluding carboxylic acids is 1. The van der Waals surface area contributed by atoms with E-state index < -0.39 is 0 Å². The number of furan rings is 1. The zero-order chi connectivity index (χ0) is 14.8. The summed E-state index contributed by atoms with van der Waals surface area (Å²) in [6.07, 6.45) is 0. The number of nitrogens with two attached hydrogens (primary N) is 1. The smallest absolute Gasteiger partial charge is 0.289 e. The van der Waals surface area contributed by atoms with E-state index in [0.717, 1.165) is 5.76 Å². The third kappa shape index (κ3) is 2.72. The van der Waals surface area contributed by atoms with Crippen LogP contribution in [0.25, 0.3) is 0 Å². The summed E-state index contributed by atoms with van der Waals surface area (Å²) in [5.41, 5.74) is 7.15. The van der Waals surface area contributed by atoms with Gasteiger partial charge in [-0.2, -0.15) is 0 Å². The van der Waals surface area contributed by atoms with Crippen LogP contribution in [-0.2, 0) is 0 Å². The number of benzene rings is 1. The monoisotopic (exact) mass is 284 g/mol. The molecule has 1 amide bonds. The first-order valence-electron chi connectivity index (χ1n) is 7.29. The van der Waals surface area contributed by atoms with Crippen molar-refractivity contribution in [2.24, 2.45) is 11.7 Å². The van der Waals surface area contributed by atoms with E-state index in [1.165, 1.54) is 5.56 Å². The SMILES string of the molecule is Cc1ccc(C(=O)N2C[C@@H](CN)[C@H](c3ccccc3)C2)o1. The van der Waals surface area contributed by atoms with E-state index in [0.29, 0.717) is 37.2 Å². The van der Waals surface area contributed by atoms with Crippen LogP contribution in [0.2, 0.25) is 0 Å². The molecular weight excluding hydrogens is 264 g/mol. The maximum absolute atomic E-state index is 12.5. The second-order valence-corrected chi connectivity index (χ2v) is 5.63. The zero-order valence-electron chi connectivity index (χ0n) is 12.2. The van der Waals surface area contributed by atoms with Crippen molar-refractivity contribution in [3.63, 3.8) is 0 Å². The molecule has 4 heteroatoms. The van der Waals surface area contributed by atoms with Crippen molar-refractivity contribution in [2.45, 2.75) is 12.8 Å². The number of likely N-dealkylation sites (tertiary alicyclic amines) is 1. The van der Waals surface area contributed by atoms with E-state index in [2.05, 4.69) is 12.1 Å². The molecular formula is C17H20N2O2. The zero-order valence-corrected chi connectivity index (χ0v) is 12.2. The number of hydrogen-bond donors (Lipinski definition) is 1. The van der Waals surface area contributed by atoms with Gasteiger partial charge in [0.25, 0.3) is 5.91 Å². The fraction of sp³-hybridized carbons (Fsp3) is 0.353. The molecule has 2 heterocycles. The third-order valence-electron chi connectivity index (χ3n) is 4.21. The summed E-state index contributed by atoms with van der Waals surface area (Å²) in [6, 6.07) is 13.8. The second kappa shape index (κ2) is 5.74. The lowest BCUT2D eigenvalue weighted by atomic mass is 9.89. The van der Waals surface area contributed by atoms with Crippen LogP contribution < -0.4 is 5.73 Å². The van der Waals surface area contributed by atoms with Gasteiger partial charge in [-0.05, 0) is 37.1 Å². The molecule has 2 atom stereocenters. The minimum atomic E-state index is -0.0417. The third-order valence-corrected chi connectivity index (χ3v) is 4.21. The molecule has 1 aliphatic heterocycles. The minimum absolute atomic E-state index is 0.0417. The molecule has 3 rings (SSSR count). The average Bonchev–Trinajstić information content (AvgIpc) is 3.13. The molecule has 0 unspecified atom stereocenters. The van der Waals surface area contributed by atoms with Crippen LogP contribution in [0.3, 0.4) is 0 Å². The molecule has 0 spiro atoms. The topological polar surface area (TPSA) is 59.5 Å². The Labute approximate surface area is 124 Å². The van der Waals surface area contributed by atoms with Gasteiger partial charge >= 0.3 is 0 Å². The first-order valence-corrected chi connectivity index (χ1v) is 7.29. The number of hydrogen-bond acceptors (Lipinski definition) is 3. The second-order valence-electron chi connectivity index (χ2n) is 5.63. The van der Waals surface area contributed by atoms with Gasteiger partial charge in [0.1, 0.15) is 5.76 Å². The fourth-order valence-corrected chi connectivity index (χ4v) is 3.06. The molecule has 2 aromatic rings. The van der Waals surface area contributed by atoms with Crippen molar-refractivity contribution in [3.8, 4) is 0 Å². The molecule has 0 bridgehead atoms. The molecule has 1 fully saturated rings. The summed E-state index contributed by atoms with van der Waals surface area (Å²) < 4.78 is 5.45. The molecule has 21 heavy (non-hydrogen) atoms. The van der Waals surface area contributed by atoms with E-state index in [1.54, 1.807) is 6.07 Å². The van der Waals surface area contributed by atoms with Crippen LogP contribution in [0.4, 0.5) is 0 Å². The number of aryl methyl sites for hydroxylation is 1. The Bertz CT molecular complexity index is 621. The quantitative estimate of drug-likeness (QED) is 0.941. The highest BCUT2D eigenvalue weighted by Crippen LogP contribution is 2.32. The Hall–Kier alpha value is -2.07. The summed E-state index contributed by atoms with van der Waals surface area (Å²) in [4.78, 5) is 14.3. The standard InChI is InChI=1S/C17H20N2O2/c1-12-7-8-16(21-12)17(20)19-10-14(9-18)15(11-19)13-5-3-2-4-6-13/h2-8,14-15H,9-11,18H2,1H3/t14-,15+/m1/s1. The van der Waals surface area contributed by atoms with Gasteiger partial charge in [-0.1, -0.05) is 30.3 Å². The Morgan fingerprint density at radius 2 is 2.00 bits per heavy atom. The Balaban J connectivity index is 1.79. The Morgan fingerprint density at radius 1 is 1.24 bits per heavy atom. The van der Waals surface area contributed by atoms with Crippen LogP contribution in [-0.4, -0.2) is 30.4 Å². The van der Waals surface area contributed by atoms with E-state index in [9.17, 15) is 4.79 Å². The predicted molar refractivity (Wildman–Crippen MR) is 81.1 cm³/mol. The summed E-state index contributed by atoms with van der Waals surface area (Å²) in [5, 5.41) is 0. The van der Waals surface area contributed by atoms with Gasteiger partial charge in [-0.25, -0.2) is 0 Å². The van der Waals surface area contributed by atoms with Gasteiger partial charge in [-0.3, -0.25) is 4.79 Å². The number of carbonyl (C=O) groups is 1. The molecule has 0 aliphatic carbocycles. The van der Waals surface area contributed by atoms with Gasteiger partial charge in [0.15, 0.2) is 5.76 Å². The van der Waals surface area contributed by atoms with Gasteiger partial charge in [-0.15, -0.1) is 0 Å². The van der Waals surface area contributed by atoms with Crippen molar-refractivity contribution in [2.75, 3.05) is 19.6 Å². The van der Waals surface area contributed by atoms with Crippen molar-refractivity contribution in [1.82, 2.24) is 4.90 Å². The molecule has 1 aliphatic rings. The van der Waals surface area contributed by atoms with Crippen LogP contribution in [0.1, 0.15) is 27.8 Å². The first-order chi connectivity index (χ1) is 10.2. The highest BCUT2D eigenvalue weighted by molar-refractivity contribution is 5.91. The highest BCUT2D eigenvalue weighted by Gasteiger charge is 2.36. The highest BCUT2D eigenvalue weighted by atomic mass is 16.3. The molecule has 0 radical (unpaired) electrons. The molecule has 4 nitrogen and oxygen atoms in total. The molecule has 110 valence electrons. The summed E-state index contributed by atoms with van der Waals surface area (Å²) in [7, 11) is 0. The molecule has 1 saturated heterocycles. The van der Waals surface area contributed by atoms with Gasteiger partial charge in [0.05, 0.1) is 0 Å². The minimum Gasteiger partial charge on any atom is -0.456 e. The predicted octanol–water partition coefficient (Wildman–Crippen LogP) is 2.40. The van der Waals surface area contributed by atoms with Crippen LogP contribution in [0.15, 0.2) is 46.9 Å². The summed E-state index contributed by atoms with van der Waals surface area (Å²) in [5.74, 6) is 1.73. The molecule has 2 N–H and O–H groups in total. The van der Waals surface area contributed by atoms with Crippen molar-refractivity contribution >= 4 is 5.91 Å². The average molecular weight is 284 g/mol. The lowest BCUT2D eigenvalue weighted by Gasteiger charge is -2.16. The van der Waals surface area contributed by atoms with Crippen molar-refractivity contribution < 1.29 is 9.21 Å². The molecule has 1 aromatic carbocycles. The number of amides is 1. The molecule has 1 aromatic heterocycles. The van der Waals surface area contributed by atoms with Gasteiger partial charge in [0.2, 0.25) is 0 Å². The maximum atomic E-state index is 12.5. The van der Waals surface area contributed by atoms with Crippen LogP contribution in [0.5, 0.6) is 0 Å². The Morgan fingerprint density at radius 3 is 2.62 bits per heavy atom. The van der Waals surface area contributed by atoms with E-state index in [1.807, 2.05) is 36.1 Å². The lowest BCUT2D eigenvalue weighted by molar-refractivity contribution is 0.0753. The van der Waals surface area contributed by atoms with Gasteiger partial charge in [0, 0.05) is 19.0 Å². The first kappa shape index (κ1) is 13.9. The van der Waals surface area contributed by atoms with Gasteiger partial charge < -0.3 is 15.1 Å². The van der Waals surface area contributed by atoms with Crippen LogP contribution >= 0.6 is 0 Å². The summed E-state index contributed by atoms with van der Waals surface area (Å²) in [6.45, 7) is 3.82. The molecule has 0 saturated carbocycles.